The first kappa shape index (κ1) is 9.78. The molecule has 0 bridgehead atoms. The highest BCUT2D eigenvalue weighted by atomic mass is 19.1. The van der Waals surface area contributed by atoms with Crippen molar-refractivity contribution < 1.29 is 4.39 Å². The largest absolute Gasteiger partial charge is 0.346 e. The van der Waals surface area contributed by atoms with E-state index in [0.29, 0.717) is 5.92 Å². The van der Waals surface area contributed by atoms with E-state index in [1.54, 1.807) is 6.07 Å². The first-order valence-electron chi connectivity index (χ1n) is 5.57. The van der Waals surface area contributed by atoms with Crippen molar-refractivity contribution in [3.63, 3.8) is 0 Å². The molecular weight excluding hydrogens is 205 g/mol. The maximum Gasteiger partial charge on any atom is 0.143 e. The molecule has 1 saturated heterocycles. The van der Waals surface area contributed by atoms with E-state index in [-0.39, 0.29) is 5.82 Å². The Morgan fingerprint density at radius 2 is 2.38 bits per heavy atom. The van der Waals surface area contributed by atoms with Gasteiger partial charge in [0.05, 0.1) is 17.2 Å². The van der Waals surface area contributed by atoms with Crippen LogP contribution in [0.25, 0.3) is 11.0 Å². The van der Waals surface area contributed by atoms with Crippen LogP contribution in [-0.2, 0) is 7.05 Å². The van der Waals surface area contributed by atoms with Crippen molar-refractivity contribution in [2.45, 2.75) is 12.3 Å². The quantitative estimate of drug-likeness (QED) is 0.792. The average molecular weight is 219 g/mol. The number of nitrogens with zero attached hydrogens (tertiary/aromatic N) is 2. The van der Waals surface area contributed by atoms with Gasteiger partial charge in [-0.15, -0.1) is 0 Å². The number of halogens is 1. The Hall–Kier alpha value is -1.42. The molecule has 1 N–H and O–H groups in total. The van der Waals surface area contributed by atoms with Crippen LogP contribution in [0.5, 0.6) is 0 Å². The van der Waals surface area contributed by atoms with Gasteiger partial charge in [0.2, 0.25) is 0 Å². The Morgan fingerprint density at radius 3 is 3.12 bits per heavy atom. The van der Waals surface area contributed by atoms with Gasteiger partial charge in [0, 0.05) is 31.3 Å². The molecule has 3 nitrogen and oxygen atoms in total. The lowest BCUT2D eigenvalue weighted by Gasteiger charge is -2.09. The van der Waals surface area contributed by atoms with Crippen molar-refractivity contribution in [2.75, 3.05) is 13.1 Å². The van der Waals surface area contributed by atoms with Gasteiger partial charge in [-0.3, -0.25) is 4.98 Å². The summed E-state index contributed by atoms with van der Waals surface area (Å²) in [5, 5.41) is 3.35. The van der Waals surface area contributed by atoms with Crippen molar-refractivity contribution >= 4 is 11.0 Å². The molecule has 2 aromatic rings. The zero-order valence-electron chi connectivity index (χ0n) is 9.20. The van der Waals surface area contributed by atoms with Crippen LogP contribution >= 0.6 is 0 Å². The molecule has 1 fully saturated rings. The molecule has 84 valence electrons. The van der Waals surface area contributed by atoms with Gasteiger partial charge < -0.3 is 9.88 Å². The van der Waals surface area contributed by atoms with Crippen molar-refractivity contribution in [3.8, 4) is 0 Å². The Labute approximate surface area is 93.3 Å². The fourth-order valence-corrected chi connectivity index (χ4v) is 2.49. The molecule has 0 radical (unpaired) electrons. The first-order chi connectivity index (χ1) is 7.75. The van der Waals surface area contributed by atoms with Gasteiger partial charge in [-0.25, -0.2) is 4.39 Å². The predicted molar refractivity (Wildman–Crippen MR) is 60.9 cm³/mol. The minimum atomic E-state index is -0.273. The van der Waals surface area contributed by atoms with E-state index >= 15 is 0 Å². The molecule has 3 rings (SSSR count). The lowest BCUT2D eigenvalue weighted by Crippen LogP contribution is -2.10. The fourth-order valence-electron chi connectivity index (χ4n) is 2.49. The predicted octanol–water partition coefficient (Wildman–Crippen LogP) is 1.79. The molecule has 1 atom stereocenters. The van der Waals surface area contributed by atoms with Crippen LogP contribution < -0.4 is 5.32 Å². The molecule has 16 heavy (non-hydrogen) atoms. The lowest BCUT2D eigenvalue weighted by atomic mass is 10.1. The van der Waals surface area contributed by atoms with E-state index in [1.807, 2.05) is 7.05 Å². The standard InChI is InChI=1S/C12H14FN3/c1-16-11(8-2-3-14-6-8)5-10-12(16)4-9(13)7-15-10/h4-5,7-8,14H,2-3,6H2,1H3. The number of aryl methyl sites for hydroxylation is 1. The minimum absolute atomic E-state index is 0.273. The third kappa shape index (κ3) is 1.41. The zero-order valence-corrected chi connectivity index (χ0v) is 9.20. The van der Waals surface area contributed by atoms with Crippen molar-refractivity contribution in [2.24, 2.45) is 7.05 Å². The smallest absolute Gasteiger partial charge is 0.143 e. The number of fused-ring (bicyclic) bond motifs is 1. The molecule has 1 aliphatic rings. The average Bonchev–Trinajstić information content (AvgIpc) is 2.87. The highest BCUT2D eigenvalue weighted by Crippen LogP contribution is 2.27. The molecule has 1 unspecified atom stereocenters. The monoisotopic (exact) mass is 219 g/mol. The topological polar surface area (TPSA) is 29.9 Å². The maximum absolute atomic E-state index is 13.1. The van der Waals surface area contributed by atoms with Crippen LogP contribution in [0.2, 0.25) is 0 Å². The second-order valence-electron chi connectivity index (χ2n) is 4.38. The molecule has 0 amide bonds. The number of nitrogens with one attached hydrogen (secondary N) is 1. The molecule has 0 aromatic carbocycles. The Kier molecular flexibility index (Phi) is 2.17. The summed E-state index contributed by atoms with van der Waals surface area (Å²) in [6.45, 7) is 2.07. The van der Waals surface area contributed by atoms with E-state index in [0.717, 1.165) is 30.5 Å². The minimum Gasteiger partial charge on any atom is -0.346 e. The van der Waals surface area contributed by atoms with Crippen molar-refractivity contribution in [1.29, 1.82) is 0 Å². The Balaban J connectivity index is 2.15. The van der Waals surface area contributed by atoms with Crippen LogP contribution in [0.1, 0.15) is 18.0 Å². The highest BCUT2D eigenvalue weighted by Gasteiger charge is 2.20. The van der Waals surface area contributed by atoms with Crippen molar-refractivity contribution in [3.05, 3.63) is 29.8 Å². The van der Waals surface area contributed by atoms with Gasteiger partial charge in [-0.05, 0) is 19.0 Å². The number of hydrogen-bond donors (Lipinski definition) is 1. The summed E-state index contributed by atoms with van der Waals surface area (Å²) in [6, 6.07) is 3.63. The Bertz CT molecular complexity index is 526. The van der Waals surface area contributed by atoms with E-state index < -0.39 is 0 Å². The number of aromatic nitrogens is 2. The normalized spacial score (nSPS) is 20.8. The second-order valence-corrected chi connectivity index (χ2v) is 4.38. The molecule has 2 aromatic heterocycles. The lowest BCUT2D eigenvalue weighted by molar-refractivity contribution is 0.622. The molecule has 1 aliphatic heterocycles. The van der Waals surface area contributed by atoms with Gasteiger partial charge in [-0.1, -0.05) is 0 Å². The summed E-state index contributed by atoms with van der Waals surface area (Å²) in [6.07, 6.45) is 2.42. The highest BCUT2D eigenvalue weighted by molar-refractivity contribution is 5.77. The van der Waals surface area contributed by atoms with E-state index in [9.17, 15) is 4.39 Å². The van der Waals surface area contributed by atoms with Crippen LogP contribution in [0.4, 0.5) is 4.39 Å². The first-order valence-corrected chi connectivity index (χ1v) is 5.57. The third-order valence-corrected chi connectivity index (χ3v) is 3.38. The summed E-state index contributed by atoms with van der Waals surface area (Å²) in [5.74, 6) is 0.257. The summed E-state index contributed by atoms with van der Waals surface area (Å²) in [4.78, 5) is 4.12. The molecular formula is C12H14FN3. The SMILES string of the molecule is Cn1c(C2CCNC2)cc2ncc(F)cc21. The summed E-state index contributed by atoms with van der Waals surface area (Å²) in [5.41, 5.74) is 3.01. The second kappa shape index (κ2) is 3.56. The van der Waals surface area contributed by atoms with Gasteiger partial charge in [-0.2, -0.15) is 0 Å². The van der Waals surface area contributed by atoms with Gasteiger partial charge in [0.1, 0.15) is 5.82 Å². The van der Waals surface area contributed by atoms with Crippen LogP contribution in [0.3, 0.4) is 0 Å². The fraction of sp³-hybridized carbons (Fsp3) is 0.417. The van der Waals surface area contributed by atoms with E-state index in [1.165, 1.54) is 11.9 Å². The zero-order chi connectivity index (χ0) is 11.1. The summed E-state index contributed by atoms with van der Waals surface area (Å²) >= 11 is 0. The molecule has 0 spiro atoms. The van der Waals surface area contributed by atoms with Crippen LogP contribution in [0, 0.1) is 5.82 Å². The molecule has 3 heterocycles. The van der Waals surface area contributed by atoms with E-state index in [4.69, 9.17) is 0 Å². The number of rotatable bonds is 1. The third-order valence-electron chi connectivity index (χ3n) is 3.38. The van der Waals surface area contributed by atoms with Crippen LogP contribution in [0.15, 0.2) is 18.3 Å². The Morgan fingerprint density at radius 1 is 1.50 bits per heavy atom. The maximum atomic E-state index is 13.1. The van der Waals surface area contributed by atoms with Crippen LogP contribution in [-0.4, -0.2) is 22.6 Å². The number of hydrogen-bond acceptors (Lipinski definition) is 2. The number of pyridine rings is 1. The summed E-state index contributed by atoms with van der Waals surface area (Å²) in [7, 11) is 1.98. The van der Waals surface area contributed by atoms with Gasteiger partial charge >= 0.3 is 0 Å². The molecule has 0 aliphatic carbocycles. The van der Waals surface area contributed by atoms with Gasteiger partial charge in [0.15, 0.2) is 0 Å². The molecule has 0 saturated carbocycles. The summed E-state index contributed by atoms with van der Waals surface area (Å²) < 4.78 is 15.2. The van der Waals surface area contributed by atoms with Gasteiger partial charge in [0.25, 0.3) is 0 Å². The molecule has 4 heteroatoms. The van der Waals surface area contributed by atoms with Crippen molar-refractivity contribution in [1.82, 2.24) is 14.9 Å². The van der Waals surface area contributed by atoms with E-state index in [2.05, 4.69) is 20.9 Å².